The van der Waals surface area contributed by atoms with Gasteiger partial charge in [0.15, 0.2) is 5.78 Å². The normalized spacial score (nSPS) is 10.3. The molecule has 96 valence electrons. The molecule has 1 aromatic carbocycles. The van der Waals surface area contributed by atoms with E-state index in [0.29, 0.717) is 12.2 Å². The maximum atomic E-state index is 11.6. The summed E-state index contributed by atoms with van der Waals surface area (Å²) in [5, 5.41) is 0. The maximum Gasteiger partial charge on any atom is 0.333 e. The number of ether oxygens (including phenoxy) is 2. The summed E-state index contributed by atoms with van der Waals surface area (Å²) in [5.41, 5.74) is 0.662. The fraction of sp³-hybridized carbons (Fsp3) is 0.286. The highest BCUT2D eigenvalue weighted by Crippen LogP contribution is 2.02. The summed E-state index contributed by atoms with van der Waals surface area (Å²) in [5.74, 6) is -0.438. The zero-order valence-electron chi connectivity index (χ0n) is 10.3. The van der Waals surface area contributed by atoms with E-state index in [1.165, 1.54) is 12.3 Å². The molecule has 0 unspecified atom stereocenters. The van der Waals surface area contributed by atoms with Crippen molar-refractivity contribution in [1.82, 2.24) is 0 Å². The molecule has 18 heavy (non-hydrogen) atoms. The van der Waals surface area contributed by atoms with Gasteiger partial charge in [0.25, 0.3) is 0 Å². The average Bonchev–Trinajstić information content (AvgIpc) is 2.39. The van der Waals surface area contributed by atoms with Crippen LogP contribution in [0.25, 0.3) is 0 Å². The Kier molecular flexibility index (Phi) is 6.25. The van der Waals surface area contributed by atoms with Crippen LogP contribution in [0.15, 0.2) is 42.7 Å². The second kappa shape index (κ2) is 8.06. The number of carbonyl (C=O) groups excluding carboxylic acids is 2. The van der Waals surface area contributed by atoms with Crippen LogP contribution in [0.2, 0.25) is 0 Å². The highest BCUT2D eigenvalue weighted by Gasteiger charge is 2.03. The number of Topliss-reactive ketones (excluding diaryl/α,β-unsaturated/α-hetero) is 1. The number of carbonyl (C=O) groups is 2. The Labute approximate surface area is 106 Å². The van der Waals surface area contributed by atoms with Gasteiger partial charge in [-0.15, -0.1) is 0 Å². The van der Waals surface area contributed by atoms with E-state index < -0.39 is 5.97 Å². The lowest BCUT2D eigenvalue weighted by atomic mass is 10.1. The highest BCUT2D eigenvalue weighted by atomic mass is 16.5. The third-order valence-corrected chi connectivity index (χ3v) is 2.13. The molecule has 0 N–H and O–H groups in total. The lowest BCUT2D eigenvalue weighted by Crippen LogP contribution is -2.03. The van der Waals surface area contributed by atoms with Crippen LogP contribution in [0.5, 0.6) is 0 Å². The standard InChI is InChI=1S/C14H16O4/c1-2-18-14(16)9-11-17-10-8-13(15)12-6-4-3-5-7-12/h3-7,9,11H,2,8,10H2,1H3/b11-9-. The molecule has 4 nitrogen and oxygen atoms in total. The molecule has 0 atom stereocenters. The molecule has 0 bridgehead atoms. The first-order valence-corrected chi connectivity index (χ1v) is 5.77. The molecular weight excluding hydrogens is 232 g/mol. The largest absolute Gasteiger partial charge is 0.500 e. The van der Waals surface area contributed by atoms with Crippen LogP contribution in [-0.4, -0.2) is 25.0 Å². The predicted molar refractivity (Wildman–Crippen MR) is 67.1 cm³/mol. The third-order valence-electron chi connectivity index (χ3n) is 2.13. The summed E-state index contributed by atoms with van der Waals surface area (Å²) in [6, 6.07) is 9.01. The summed E-state index contributed by atoms with van der Waals surface area (Å²) in [6.45, 7) is 2.30. The van der Waals surface area contributed by atoms with Crippen LogP contribution in [0, 0.1) is 0 Å². The van der Waals surface area contributed by atoms with Crippen molar-refractivity contribution in [3.8, 4) is 0 Å². The molecule has 1 aromatic rings. The summed E-state index contributed by atoms with van der Waals surface area (Å²) in [7, 11) is 0. The van der Waals surface area contributed by atoms with Gasteiger partial charge in [0.05, 0.1) is 25.6 Å². The molecule has 0 spiro atoms. The summed E-state index contributed by atoms with van der Waals surface area (Å²) < 4.78 is 9.71. The number of ketones is 1. The monoisotopic (exact) mass is 248 g/mol. The van der Waals surface area contributed by atoms with Gasteiger partial charge in [-0.1, -0.05) is 30.3 Å². The summed E-state index contributed by atoms with van der Waals surface area (Å²) in [6.07, 6.45) is 2.71. The van der Waals surface area contributed by atoms with Gasteiger partial charge >= 0.3 is 5.97 Å². The number of benzene rings is 1. The zero-order chi connectivity index (χ0) is 13.2. The van der Waals surface area contributed by atoms with Gasteiger partial charge in [-0.25, -0.2) is 4.79 Å². The Balaban J connectivity index is 2.22. The first-order chi connectivity index (χ1) is 8.74. The molecule has 0 saturated carbocycles. The van der Waals surface area contributed by atoms with E-state index in [0.717, 1.165) is 0 Å². The van der Waals surface area contributed by atoms with Gasteiger partial charge in [0.2, 0.25) is 0 Å². The molecular formula is C14H16O4. The Bertz CT molecular complexity index is 409. The van der Waals surface area contributed by atoms with Gasteiger partial charge in [-0.2, -0.15) is 0 Å². The van der Waals surface area contributed by atoms with Crippen LogP contribution in [-0.2, 0) is 14.3 Å². The van der Waals surface area contributed by atoms with E-state index in [9.17, 15) is 9.59 Å². The molecule has 0 aliphatic carbocycles. The molecule has 0 aliphatic heterocycles. The number of hydrogen-bond donors (Lipinski definition) is 0. The first-order valence-electron chi connectivity index (χ1n) is 5.77. The van der Waals surface area contributed by atoms with Crippen LogP contribution in [0.1, 0.15) is 23.7 Å². The molecule has 0 radical (unpaired) electrons. The van der Waals surface area contributed by atoms with Crippen LogP contribution in [0.3, 0.4) is 0 Å². The van der Waals surface area contributed by atoms with Crippen molar-refractivity contribution < 1.29 is 19.1 Å². The minimum Gasteiger partial charge on any atom is -0.500 e. The molecule has 4 heteroatoms. The fourth-order valence-corrected chi connectivity index (χ4v) is 1.28. The van der Waals surface area contributed by atoms with E-state index >= 15 is 0 Å². The SMILES string of the molecule is CCOC(=O)/C=C\OCCC(=O)c1ccccc1. The molecule has 0 saturated heterocycles. The lowest BCUT2D eigenvalue weighted by molar-refractivity contribution is -0.137. The number of rotatable bonds is 7. The molecule has 1 rings (SSSR count). The predicted octanol–water partition coefficient (Wildman–Crippen LogP) is 2.35. The summed E-state index contributed by atoms with van der Waals surface area (Å²) >= 11 is 0. The topological polar surface area (TPSA) is 52.6 Å². The minimum atomic E-state index is -0.452. The van der Waals surface area contributed by atoms with Crippen molar-refractivity contribution in [2.75, 3.05) is 13.2 Å². The average molecular weight is 248 g/mol. The fourth-order valence-electron chi connectivity index (χ4n) is 1.28. The van der Waals surface area contributed by atoms with Crippen molar-refractivity contribution in [3.63, 3.8) is 0 Å². The van der Waals surface area contributed by atoms with Gasteiger partial charge in [-0.05, 0) is 6.92 Å². The number of hydrogen-bond acceptors (Lipinski definition) is 4. The zero-order valence-corrected chi connectivity index (χ0v) is 10.3. The van der Waals surface area contributed by atoms with E-state index in [2.05, 4.69) is 4.74 Å². The molecule has 0 fully saturated rings. The quantitative estimate of drug-likeness (QED) is 0.244. The van der Waals surface area contributed by atoms with Crippen molar-refractivity contribution in [2.45, 2.75) is 13.3 Å². The van der Waals surface area contributed by atoms with Crippen molar-refractivity contribution in [3.05, 3.63) is 48.2 Å². The smallest absolute Gasteiger partial charge is 0.333 e. The van der Waals surface area contributed by atoms with Crippen LogP contribution in [0.4, 0.5) is 0 Å². The second-order valence-electron chi connectivity index (χ2n) is 3.46. The lowest BCUT2D eigenvalue weighted by Gasteiger charge is -2.01. The third kappa shape index (κ3) is 5.30. The van der Waals surface area contributed by atoms with Crippen LogP contribution >= 0.6 is 0 Å². The second-order valence-corrected chi connectivity index (χ2v) is 3.46. The van der Waals surface area contributed by atoms with Crippen LogP contribution < -0.4 is 0 Å². The Morgan fingerprint density at radius 2 is 1.94 bits per heavy atom. The van der Waals surface area contributed by atoms with Gasteiger partial charge < -0.3 is 9.47 Å². The van der Waals surface area contributed by atoms with E-state index in [4.69, 9.17) is 4.74 Å². The van der Waals surface area contributed by atoms with Gasteiger partial charge in [0.1, 0.15) is 0 Å². The van der Waals surface area contributed by atoms with Gasteiger partial charge in [0, 0.05) is 12.0 Å². The maximum absolute atomic E-state index is 11.6. The Morgan fingerprint density at radius 3 is 2.61 bits per heavy atom. The molecule has 0 aromatic heterocycles. The number of esters is 1. The Morgan fingerprint density at radius 1 is 1.22 bits per heavy atom. The Hall–Kier alpha value is -2.10. The highest BCUT2D eigenvalue weighted by molar-refractivity contribution is 5.96. The molecule has 0 amide bonds. The van der Waals surface area contributed by atoms with E-state index in [1.807, 2.05) is 18.2 Å². The van der Waals surface area contributed by atoms with Gasteiger partial charge in [-0.3, -0.25) is 4.79 Å². The van der Waals surface area contributed by atoms with Crippen molar-refractivity contribution in [1.29, 1.82) is 0 Å². The summed E-state index contributed by atoms with van der Waals surface area (Å²) in [4.78, 5) is 22.6. The molecule has 0 heterocycles. The first kappa shape index (κ1) is 14.0. The molecule has 0 aliphatic rings. The van der Waals surface area contributed by atoms with E-state index in [-0.39, 0.29) is 18.8 Å². The van der Waals surface area contributed by atoms with Crippen molar-refractivity contribution in [2.24, 2.45) is 0 Å². The van der Waals surface area contributed by atoms with Crippen molar-refractivity contribution >= 4 is 11.8 Å². The van der Waals surface area contributed by atoms with E-state index in [1.54, 1.807) is 19.1 Å². The minimum absolute atomic E-state index is 0.0140.